The Labute approximate surface area is 125 Å². The highest BCUT2D eigenvalue weighted by atomic mass is 16.6. The first kappa shape index (κ1) is 17.0. The molecule has 0 aromatic heterocycles. The molecule has 0 fully saturated rings. The number of carbonyl (C=O) groups is 2. The predicted molar refractivity (Wildman–Crippen MR) is 80.1 cm³/mol. The van der Waals surface area contributed by atoms with Gasteiger partial charge in [0.2, 0.25) is 0 Å². The Morgan fingerprint density at radius 1 is 1.24 bits per heavy atom. The van der Waals surface area contributed by atoms with Crippen molar-refractivity contribution in [2.75, 3.05) is 0 Å². The predicted octanol–water partition coefficient (Wildman–Crippen LogP) is 3.28. The van der Waals surface area contributed by atoms with Crippen LogP contribution in [0.3, 0.4) is 0 Å². The van der Waals surface area contributed by atoms with Gasteiger partial charge in [0.1, 0.15) is 23.7 Å². The van der Waals surface area contributed by atoms with Crippen molar-refractivity contribution in [3.63, 3.8) is 0 Å². The van der Waals surface area contributed by atoms with Crippen LogP contribution in [0.15, 0.2) is 24.3 Å². The second kappa shape index (κ2) is 6.61. The molecule has 116 valence electrons. The van der Waals surface area contributed by atoms with Crippen molar-refractivity contribution >= 4 is 12.4 Å². The SMILES string of the molecule is CC(C)N(C(=O)OC(C)(C)C)C(C=O)c1ccc(O)cc1. The summed E-state index contributed by atoms with van der Waals surface area (Å²) in [6, 6.07) is 5.26. The van der Waals surface area contributed by atoms with Gasteiger partial charge in [0.15, 0.2) is 0 Å². The minimum atomic E-state index is -0.750. The standard InChI is InChI=1S/C16H23NO4/c1-11(2)17(15(20)21-16(3,4)5)14(10-18)12-6-8-13(19)9-7-12/h6-11,14,19H,1-5H3. The summed E-state index contributed by atoms with van der Waals surface area (Å²) < 4.78 is 5.37. The molecule has 1 aromatic rings. The summed E-state index contributed by atoms with van der Waals surface area (Å²) in [5, 5.41) is 9.33. The van der Waals surface area contributed by atoms with Gasteiger partial charge in [-0.2, -0.15) is 0 Å². The lowest BCUT2D eigenvalue weighted by atomic mass is 10.1. The molecule has 0 aliphatic heterocycles. The van der Waals surface area contributed by atoms with Crippen LogP contribution in [-0.2, 0) is 9.53 Å². The van der Waals surface area contributed by atoms with Crippen molar-refractivity contribution in [2.45, 2.75) is 52.3 Å². The van der Waals surface area contributed by atoms with Gasteiger partial charge in [-0.1, -0.05) is 12.1 Å². The molecule has 1 aromatic carbocycles. The van der Waals surface area contributed by atoms with Gasteiger partial charge in [-0.15, -0.1) is 0 Å². The molecule has 1 N–H and O–H groups in total. The third-order valence-corrected chi connectivity index (χ3v) is 2.82. The molecule has 5 heteroatoms. The van der Waals surface area contributed by atoms with Crippen LogP contribution in [0, 0.1) is 0 Å². The van der Waals surface area contributed by atoms with E-state index in [1.807, 2.05) is 13.8 Å². The highest BCUT2D eigenvalue weighted by Crippen LogP contribution is 2.25. The van der Waals surface area contributed by atoms with Gasteiger partial charge in [0.05, 0.1) is 0 Å². The van der Waals surface area contributed by atoms with Crippen molar-refractivity contribution in [1.82, 2.24) is 4.90 Å². The fourth-order valence-electron chi connectivity index (χ4n) is 1.94. The van der Waals surface area contributed by atoms with Crippen molar-refractivity contribution < 1.29 is 19.4 Å². The lowest BCUT2D eigenvalue weighted by molar-refractivity contribution is -0.113. The minimum Gasteiger partial charge on any atom is -0.508 e. The quantitative estimate of drug-likeness (QED) is 0.865. The Kier molecular flexibility index (Phi) is 5.35. The van der Waals surface area contributed by atoms with Crippen LogP contribution in [0.4, 0.5) is 4.79 Å². The van der Waals surface area contributed by atoms with Crippen LogP contribution in [0.5, 0.6) is 5.75 Å². The van der Waals surface area contributed by atoms with E-state index in [2.05, 4.69) is 0 Å². The van der Waals surface area contributed by atoms with Gasteiger partial charge < -0.3 is 14.6 Å². The second-order valence-corrected chi connectivity index (χ2v) is 6.15. The number of nitrogens with zero attached hydrogens (tertiary/aromatic N) is 1. The number of benzene rings is 1. The zero-order valence-corrected chi connectivity index (χ0v) is 13.2. The van der Waals surface area contributed by atoms with E-state index in [0.29, 0.717) is 11.8 Å². The first-order valence-electron chi connectivity index (χ1n) is 6.91. The molecule has 0 saturated heterocycles. The summed E-state index contributed by atoms with van der Waals surface area (Å²) in [6.07, 6.45) is 0.165. The van der Waals surface area contributed by atoms with Crippen LogP contribution in [0.1, 0.15) is 46.2 Å². The molecule has 21 heavy (non-hydrogen) atoms. The monoisotopic (exact) mass is 293 g/mol. The molecular weight excluding hydrogens is 270 g/mol. The average molecular weight is 293 g/mol. The fraction of sp³-hybridized carbons (Fsp3) is 0.500. The number of phenols is 1. The number of phenolic OH excluding ortho intramolecular Hbond substituents is 1. The largest absolute Gasteiger partial charge is 0.508 e. The summed E-state index contributed by atoms with van der Waals surface area (Å²) >= 11 is 0. The molecule has 0 aliphatic carbocycles. The van der Waals surface area contributed by atoms with E-state index in [1.54, 1.807) is 32.9 Å². The van der Waals surface area contributed by atoms with Crippen molar-refractivity contribution in [2.24, 2.45) is 0 Å². The molecule has 0 spiro atoms. The summed E-state index contributed by atoms with van der Waals surface area (Å²) in [5.74, 6) is 0.108. The van der Waals surface area contributed by atoms with Crippen LogP contribution in [0.2, 0.25) is 0 Å². The number of rotatable bonds is 4. The molecule has 1 rings (SSSR count). The lowest BCUT2D eigenvalue weighted by Gasteiger charge is -2.34. The minimum absolute atomic E-state index is 0.108. The van der Waals surface area contributed by atoms with E-state index < -0.39 is 17.7 Å². The van der Waals surface area contributed by atoms with E-state index in [4.69, 9.17) is 4.74 Å². The second-order valence-electron chi connectivity index (χ2n) is 6.15. The zero-order valence-electron chi connectivity index (χ0n) is 13.2. The maximum absolute atomic E-state index is 12.3. The summed E-state index contributed by atoms with van der Waals surface area (Å²) in [4.78, 5) is 25.2. The van der Waals surface area contributed by atoms with Crippen molar-refractivity contribution in [3.05, 3.63) is 29.8 Å². The third kappa shape index (κ3) is 4.77. The summed E-state index contributed by atoms with van der Waals surface area (Å²) in [7, 11) is 0. The van der Waals surface area contributed by atoms with E-state index in [-0.39, 0.29) is 11.8 Å². The fourth-order valence-corrected chi connectivity index (χ4v) is 1.94. The summed E-state index contributed by atoms with van der Waals surface area (Å²) in [5.41, 5.74) is -0.00514. The van der Waals surface area contributed by atoms with Crippen LogP contribution < -0.4 is 0 Å². The van der Waals surface area contributed by atoms with Gasteiger partial charge in [0.25, 0.3) is 0 Å². The molecule has 5 nitrogen and oxygen atoms in total. The van der Waals surface area contributed by atoms with Gasteiger partial charge >= 0.3 is 6.09 Å². The molecule has 0 saturated carbocycles. The lowest BCUT2D eigenvalue weighted by Crippen LogP contribution is -2.43. The molecule has 1 unspecified atom stereocenters. The Hall–Kier alpha value is -2.04. The van der Waals surface area contributed by atoms with Crippen molar-refractivity contribution in [1.29, 1.82) is 0 Å². The Balaban J connectivity index is 3.09. The molecule has 1 amide bonds. The normalized spacial score (nSPS) is 12.9. The number of aromatic hydroxyl groups is 1. The van der Waals surface area contributed by atoms with E-state index in [0.717, 1.165) is 0 Å². The van der Waals surface area contributed by atoms with Gasteiger partial charge in [-0.25, -0.2) is 4.79 Å². The molecular formula is C16H23NO4. The average Bonchev–Trinajstić information content (AvgIpc) is 2.34. The zero-order chi connectivity index (χ0) is 16.2. The molecule has 0 radical (unpaired) electrons. The number of carbonyl (C=O) groups excluding carboxylic acids is 2. The first-order chi connectivity index (χ1) is 9.65. The number of aldehydes is 1. The van der Waals surface area contributed by atoms with Gasteiger partial charge in [0, 0.05) is 6.04 Å². The number of hydrogen-bond donors (Lipinski definition) is 1. The maximum Gasteiger partial charge on any atom is 0.411 e. The molecule has 0 bridgehead atoms. The third-order valence-electron chi connectivity index (χ3n) is 2.82. The Morgan fingerprint density at radius 2 is 1.76 bits per heavy atom. The Bertz CT molecular complexity index is 488. The highest BCUT2D eigenvalue weighted by Gasteiger charge is 2.31. The smallest absolute Gasteiger partial charge is 0.411 e. The number of amides is 1. The maximum atomic E-state index is 12.3. The first-order valence-corrected chi connectivity index (χ1v) is 6.91. The number of hydrogen-bond acceptors (Lipinski definition) is 4. The van der Waals surface area contributed by atoms with Crippen LogP contribution >= 0.6 is 0 Å². The van der Waals surface area contributed by atoms with Gasteiger partial charge in [-0.3, -0.25) is 4.90 Å². The van der Waals surface area contributed by atoms with Crippen molar-refractivity contribution in [3.8, 4) is 5.75 Å². The summed E-state index contributed by atoms with van der Waals surface area (Å²) in [6.45, 7) is 8.97. The Morgan fingerprint density at radius 3 is 2.14 bits per heavy atom. The number of ether oxygens (including phenoxy) is 1. The molecule has 0 aliphatic rings. The topological polar surface area (TPSA) is 66.8 Å². The van der Waals surface area contributed by atoms with E-state index in [1.165, 1.54) is 17.0 Å². The molecule has 0 heterocycles. The molecule has 1 atom stereocenters. The van der Waals surface area contributed by atoms with Crippen LogP contribution in [0.25, 0.3) is 0 Å². The van der Waals surface area contributed by atoms with Crippen LogP contribution in [-0.4, -0.2) is 34.0 Å². The van der Waals surface area contributed by atoms with E-state index >= 15 is 0 Å². The van der Waals surface area contributed by atoms with Gasteiger partial charge in [-0.05, 0) is 52.3 Å². The van der Waals surface area contributed by atoms with E-state index in [9.17, 15) is 14.7 Å². The highest BCUT2D eigenvalue weighted by molar-refractivity contribution is 5.75.